The predicted molar refractivity (Wildman–Crippen MR) is 72.8 cm³/mol. The molecule has 2 rings (SSSR count). The zero-order chi connectivity index (χ0) is 13.7. The zero-order valence-electron chi connectivity index (χ0n) is 10.7. The number of nitrogens with one attached hydrogen (secondary N) is 1. The summed E-state index contributed by atoms with van der Waals surface area (Å²) in [6.07, 6.45) is 1.71. The van der Waals surface area contributed by atoms with Gasteiger partial charge in [-0.2, -0.15) is 0 Å². The third-order valence-corrected chi connectivity index (χ3v) is 3.32. The first kappa shape index (κ1) is 13.4. The summed E-state index contributed by atoms with van der Waals surface area (Å²) in [5.74, 6) is 0.930. The van der Waals surface area contributed by atoms with Gasteiger partial charge in [-0.1, -0.05) is 0 Å². The lowest BCUT2D eigenvalue weighted by Crippen LogP contribution is -2.23. The van der Waals surface area contributed by atoms with E-state index in [1.165, 1.54) is 18.4 Å². The number of rotatable bonds is 5. The SMILES string of the molecule is COc1ccc(C(=O)NCc2nccs2)c(OC)c1. The quantitative estimate of drug-likeness (QED) is 0.909. The zero-order valence-corrected chi connectivity index (χ0v) is 11.5. The highest BCUT2D eigenvalue weighted by atomic mass is 32.1. The summed E-state index contributed by atoms with van der Waals surface area (Å²) in [6, 6.07) is 5.08. The molecule has 0 bridgehead atoms. The van der Waals surface area contributed by atoms with Crippen LogP contribution in [-0.2, 0) is 6.54 Å². The average Bonchev–Trinajstić information content (AvgIpc) is 2.97. The number of benzene rings is 1. The molecule has 1 amide bonds. The van der Waals surface area contributed by atoms with Crippen LogP contribution in [0.1, 0.15) is 15.4 Å². The lowest BCUT2D eigenvalue weighted by Gasteiger charge is -2.10. The van der Waals surface area contributed by atoms with Crippen molar-refractivity contribution in [1.82, 2.24) is 10.3 Å². The van der Waals surface area contributed by atoms with Gasteiger partial charge in [0.15, 0.2) is 0 Å². The van der Waals surface area contributed by atoms with Crippen molar-refractivity contribution in [2.75, 3.05) is 14.2 Å². The first-order valence-corrected chi connectivity index (χ1v) is 6.51. The summed E-state index contributed by atoms with van der Waals surface area (Å²) in [5, 5.41) is 5.53. The first-order chi connectivity index (χ1) is 9.24. The fourth-order valence-electron chi connectivity index (χ4n) is 1.58. The highest BCUT2D eigenvalue weighted by molar-refractivity contribution is 7.09. The lowest BCUT2D eigenvalue weighted by molar-refractivity contribution is 0.0948. The molecule has 0 saturated carbocycles. The van der Waals surface area contributed by atoms with Crippen LogP contribution < -0.4 is 14.8 Å². The fourth-order valence-corrected chi connectivity index (χ4v) is 2.13. The maximum absolute atomic E-state index is 12.1. The van der Waals surface area contributed by atoms with E-state index >= 15 is 0 Å². The molecule has 0 aliphatic heterocycles. The second-order valence-corrected chi connectivity index (χ2v) is 4.65. The van der Waals surface area contributed by atoms with Crippen molar-refractivity contribution in [3.63, 3.8) is 0 Å². The highest BCUT2D eigenvalue weighted by Gasteiger charge is 2.13. The van der Waals surface area contributed by atoms with E-state index in [-0.39, 0.29) is 5.91 Å². The highest BCUT2D eigenvalue weighted by Crippen LogP contribution is 2.24. The molecule has 5 nitrogen and oxygen atoms in total. The molecule has 0 saturated heterocycles. The van der Waals surface area contributed by atoms with Gasteiger partial charge < -0.3 is 14.8 Å². The Kier molecular flexibility index (Phi) is 4.35. The average molecular weight is 278 g/mol. The molecule has 0 spiro atoms. The van der Waals surface area contributed by atoms with Gasteiger partial charge >= 0.3 is 0 Å². The van der Waals surface area contributed by atoms with Crippen LogP contribution >= 0.6 is 11.3 Å². The van der Waals surface area contributed by atoms with Gasteiger partial charge in [-0.15, -0.1) is 11.3 Å². The molecule has 1 aromatic heterocycles. The largest absolute Gasteiger partial charge is 0.497 e. The Morgan fingerprint density at radius 2 is 2.21 bits per heavy atom. The Balaban J connectivity index is 2.09. The number of thiazole rings is 1. The number of aromatic nitrogens is 1. The number of carbonyl (C=O) groups is 1. The number of amides is 1. The van der Waals surface area contributed by atoms with E-state index in [1.54, 1.807) is 31.5 Å². The molecule has 0 unspecified atom stereocenters. The van der Waals surface area contributed by atoms with Gasteiger partial charge in [-0.05, 0) is 12.1 Å². The Hall–Kier alpha value is -2.08. The standard InChI is InChI=1S/C13H14N2O3S/c1-17-9-3-4-10(11(7-9)18-2)13(16)15-8-12-14-5-6-19-12/h3-7H,8H2,1-2H3,(H,15,16). The summed E-state index contributed by atoms with van der Waals surface area (Å²) in [7, 11) is 3.09. The van der Waals surface area contributed by atoms with E-state index < -0.39 is 0 Å². The van der Waals surface area contributed by atoms with Crippen LogP contribution in [0, 0.1) is 0 Å². The Morgan fingerprint density at radius 3 is 2.84 bits per heavy atom. The van der Waals surface area contributed by atoms with Crippen molar-refractivity contribution in [3.8, 4) is 11.5 Å². The van der Waals surface area contributed by atoms with Crippen molar-refractivity contribution >= 4 is 17.2 Å². The number of carbonyl (C=O) groups excluding carboxylic acids is 1. The van der Waals surface area contributed by atoms with E-state index in [2.05, 4.69) is 10.3 Å². The summed E-state index contributed by atoms with van der Waals surface area (Å²) in [4.78, 5) is 16.2. The summed E-state index contributed by atoms with van der Waals surface area (Å²) in [5.41, 5.74) is 0.472. The molecule has 100 valence electrons. The van der Waals surface area contributed by atoms with Crippen molar-refractivity contribution in [2.45, 2.75) is 6.54 Å². The van der Waals surface area contributed by atoms with Gasteiger partial charge in [0.25, 0.3) is 5.91 Å². The minimum absolute atomic E-state index is 0.199. The molecule has 0 atom stereocenters. The fraction of sp³-hybridized carbons (Fsp3) is 0.231. The van der Waals surface area contributed by atoms with Gasteiger partial charge in [0.05, 0.1) is 26.3 Å². The van der Waals surface area contributed by atoms with Crippen LogP contribution in [0.5, 0.6) is 11.5 Å². The number of ether oxygens (including phenoxy) is 2. The minimum atomic E-state index is -0.199. The van der Waals surface area contributed by atoms with E-state index in [0.717, 1.165) is 5.01 Å². The predicted octanol–water partition coefficient (Wildman–Crippen LogP) is 2.09. The smallest absolute Gasteiger partial charge is 0.255 e. The lowest BCUT2D eigenvalue weighted by atomic mass is 10.1. The second-order valence-electron chi connectivity index (χ2n) is 3.67. The molecule has 6 heteroatoms. The Labute approximate surface area is 115 Å². The maximum atomic E-state index is 12.1. The van der Waals surface area contributed by atoms with Gasteiger partial charge in [0.2, 0.25) is 0 Å². The third kappa shape index (κ3) is 3.23. The van der Waals surface area contributed by atoms with Crippen LogP contribution in [0.2, 0.25) is 0 Å². The van der Waals surface area contributed by atoms with E-state index in [1.807, 2.05) is 5.38 Å². The van der Waals surface area contributed by atoms with Gasteiger partial charge in [-0.3, -0.25) is 4.79 Å². The molecule has 1 heterocycles. The number of hydrogen-bond donors (Lipinski definition) is 1. The van der Waals surface area contributed by atoms with Crippen LogP contribution in [0.3, 0.4) is 0 Å². The van der Waals surface area contributed by atoms with Crippen LogP contribution in [0.4, 0.5) is 0 Å². The molecular formula is C13H14N2O3S. The summed E-state index contributed by atoms with van der Waals surface area (Å²) >= 11 is 1.50. The second kappa shape index (κ2) is 6.19. The molecule has 2 aromatic rings. The van der Waals surface area contributed by atoms with Gasteiger partial charge in [-0.25, -0.2) is 4.98 Å². The summed E-state index contributed by atoms with van der Waals surface area (Å²) in [6.45, 7) is 0.408. The van der Waals surface area contributed by atoms with Crippen LogP contribution in [0.25, 0.3) is 0 Å². The van der Waals surface area contributed by atoms with Gasteiger partial charge in [0, 0.05) is 17.6 Å². The van der Waals surface area contributed by atoms with E-state index in [4.69, 9.17) is 9.47 Å². The van der Waals surface area contributed by atoms with Crippen LogP contribution in [0.15, 0.2) is 29.8 Å². The molecule has 0 fully saturated rings. The topological polar surface area (TPSA) is 60.5 Å². The number of methoxy groups -OCH3 is 2. The molecule has 1 aromatic carbocycles. The first-order valence-electron chi connectivity index (χ1n) is 5.63. The maximum Gasteiger partial charge on any atom is 0.255 e. The van der Waals surface area contributed by atoms with Crippen molar-refractivity contribution < 1.29 is 14.3 Å². The van der Waals surface area contributed by atoms with Crippen molar-refractivity contribution in [2.24, 2.45) is 0 Å². The van der Waals surface area contributed by atoms with Crippen molar-refractivity contribution in [3.05, 3.63) is 40.3 Å². The number of hydrogen-bond acceptors (Lipinski definition) is 5. The minimum Gasteiger partial charge on any atom is -0.497 e. The number of nitrogens with zero attached hydrogens (tertiary/aromatic N) is 1. The van der Waals surface area contributed by atoms with E-state index in [0.29, 0.717) is 23.6 Å². The Bertz CT molecular complexity index is 555. The monoisotopic (exact) mass is 278 g/mol. The molecule has 0 aliphatic carbocycles. The molecular weight excluding hydrogens is 264 g/mol. The van der Waals surface area contributed by atoms with Crippen molar-refractivity contribution in [1.29, 1.82) is 0 Å². The molecule has 0 radical (unpaired) electrons. The molecule has 19 heavy (non-hydrogen) atoms. The molecule has 0 aliphatic rings. The normalized spacial score (nSPS) is 10.0. The van der Waals surface area contributed by atoms with E-state index in [9.17, 15) is 4.79 Å². The Morgan fingerprint density at radius 1 is 1.37 bits per heavy atom. The third-order valence-electron chi connectivity index (χ3n) is 2.54. The van der Waals surface area contributed by atoms with Crippen LogP contribution in [-0.4, -0.2) is 25.1 Å². The summed E-state index contributed by atoms with van der Waals surface area (Å²) < 4.78 is 10.3. The molecule has 1 N–H and O–H groups in total. The van der Waals surface area contributed by atoms with Gasteiger partial charge in [0.1, 0.15) is 16.5 Å².